The third-order valence-corrected chi connectivity index (χ3v) is 2.01. The predicted octanol–water partition coefficient (Wildman–Crippen LogP) is -0.264. The van der Waals surface area contributed by atoms with Gasteiger partial charge in [-0.05, 0) is 6.92 Å². The van der Waals surface area contributed by atoms with Gasteiger partial charge in [-0.3, -0.25) is 4.79 Å². The molecule has 0 radical (unpaired) electrons. The summed E-state index contributed by atoms with van der Waals surface area (Å²) in [4.78, 5) is 13.2. The predicted molar refractivity (Wildman–Crippen MR) is 47.9 cm³/mol. The van der Waals surface area contributed by atoms with E-state index in [-0.39, 0.29) is 11.2 Å². The monoisotopic (exact) mass is 174 g/mol. The van der Waals surface area contributed by atoms with Crippen LogP contribution in [0.4, 0.5) is 0 Å². The van der Waals surface area contributed by atoms with Crippen LogP contribution in [0, 0.1) is 0 Å². The van der Waals surface area contributed by atoms with Crippen molar-refractivity contribution in [3.8, 4) is 0 Å². The number of amides is 1. The molecule has 1 aliphatic rings. The van der Waals surface area contributed by atoms with Gasteiger partial charge in [0, 0.05) is 26.2 Å². The van der Waals surface area contributed by atoms with Gasteiger partial charge < -0.3 is 10.2 Å². The van der Waals surface area contributed by atoms with E-state index < -0.39 is 0 Å². The van der Waals surface area contributed by atoms with Crippen LogP contribution in [-0.2, 0) is 4.79 Å². The Bertz CT molecular complexity index is 143. The average Bonchev–Trinajstić information content (AvgIpc) is 2.05. The van der Waals surface area contributed by atoms with E-state index in [0.717, 1.165) is 26.2 Å². The molecule has 1 aliphatic heterocycles. The molecule has 0 spiro atoms. The molecule has 0 aromatic carbocycles. The lowest BCUT2D eigenvalue weighted by Crippen LogP contribution is -2.48. The van der Waals surface area contributed by atoms with E-state index in [1.165, 1.54) is 0 Å². The number of nitrogens with zero attached hydrogens (tertiary/aromatic N) is 1. The van der Waals surface area contributed by atoms with Gasteiger partial charge in [-0.1, -0.05) is 0 Å². The summed E-state index contributed by atoms with van der Waals surface area (Å²) in [6, 6.07) is 0. The highest BCUT2D eigenvalue weighted by Gasteiger charge is 2.18. The maximum Gasteiger partial charge on any atom is 0.235 e. The Kier molecular flexibility index (Phi) is 3.20. The number of thiol groups is 1. The van der Waals surface area contributed by atoms with Crippen molar-refractivity contribution in [1.29, 1.82) is 0 Å². The lowest BCUT2D eigenvalue weighted by atomic mass is 10.3. The van der Waals surface area contributed by atoms with Crippen molar-refractivity contribution in [3.63, 3.8) is 0 Å². The summed E-state index contributed by atoms with van der Waals surface area (Å²) in [5.74, 6) is 0.148. The van der Waals surface area contributed by atoms with Gasteiger partial charge in [0.25, 0.3) is 0 Å². The second-order valence-electron chi connectivity index (χ2n) is 2.75. The lowest BCUT2D eigenvalue weighted by molar-refractivity contribution is -0.130. The first-order chi connectivity index (χ1) is 5.22. The number of carbonyl (C=O) groups is 1. The van der Waals surface area contributed by atoms with Crippen LogP contribution in [0.1, 0.15) is 6.92 Å². The first-order valence-corrected chi connectivity index (χ1v) is 4.41. The van der Waals surface area contributed by atoms with Crippen LogP contribution in [0.15, 0.2) is 0 Å². The molecule has 11 heavy (non-hydrogen) atoms. The van der Waals surface area contributed by atoms with Gasteiger partial charge >= 0.3 is 0 Å². The van der Waals surface area contributed by atoms with E-state index in [1.807, 2.05) is 11.8 Å². The van der Waals surface area contributed by atoms with E-state index in [4.69, 9.17) is 0 Å². The lowest BCUT2D eigenvalue weighted by Gasteiger charge is -2.28. The molecular formula is C7H14N2OS. The summed E-state index contributed by atoms with van der Waals surface area (Å²) < 4.78 is 0. The minimum absolute atomic E-state index is 0.148. The smallest absolute Gasteiger partial charge is 0.235 e. The van der Waals surface area contributed by atoms with Crippen LogP contribution >= 0.6 is 12.6 Å². The maximum absolute atomic E-state index is 11.3. The number of piperazine rings is 1. The minimum atomic E-state index is -0.159. The van der Waals surface area contributed by atoms with Crippen LogP contribution in [0.5, 0.6) is 0 Å². The van der Waals surface area contributed by atoms with Crippen molar-refractivity contribution in [2.24, 2.45) is 0 Å². The highest BCUT2D eigenvalue weighted by Crippen LogP contribution is 2.01. The zero-order valence-corrected chi connectivity index (χ0v) is 7.60. The number of carbonyl (C=O) groups excluding carboxylic acids is 1. The highest BCUT2D eigenvalue weighted by molar-refractivity contribution is 7.81. The molecular weight excluding hydrogens is 160 g/mol. The minimum Gasteiger partial charge on any atom is -0.339 e. The largest absolute Gasteiger partial charge is 0.339 e. The summed E-state index contributed by atoms with van der Waals surface area (Å²) in [5, 5.41) is 3.03. The summed E-state index contributed by atoms with van der Waals surface area (Å²) in [5.41, 5.74) is 0. The molecule has 4 heteroatoms. The van der Waals surface area contributed by atoms with E-state index in [1.54, 1.807) is 0 Å². The molecule has 1 amide bonds. The van der Waals surface area contributed by atoms with E-state index in [2.05, 4.69) is 17.9 Å². The van der Waals surface area contributed by atoms with Crippen LogP contribution < -0.4 is 5.32 Å². The summed E-state index contributed by atoms with van der Waals surface area (Å²) in [7, 11) is 0. The molecule has 1 atom stereocenters. The van der Waals surface area contributed by atoms with Crippen LogP contribution in [-0.4, -0.2) is 42.2 Å². The molecule has 1 unspecified atom stereocenters. The molecule has 0 aromatic rings. The van der Waals surface area contributed by atoms with Gasteiger partial charge in [-0.15, -0.1) is 0 Å². The quantitative estimate of drug-likeness (QED) is 0.537. The molecule has 1 saturated heterocycles. The van der Waals surface area contributed by atoms with Crippen molar-refractivity contribution in [2.45, 2.75) is 12.2 Å². The molecule has 0 bridgehead atoms. The van der Waals surface area contributed by atoms with Gasteiger partial charge in [0.05, 0.1) is 5.25 Å². The Morgan fingerprint density at radius 1 is 1.55 bits per heavy atom. The van der Waals surface area contributed by atoms with Gasteiger partial charge in [0.2, 0.25) is 5.91 Å². The van der Waals surface area contributed by atoms with Crippen molar-refractivity contribution in [3.05, 3.63) is 0 Å². The molecule has 0 aromatic heterocycles. The first-order valence-electron chi connectivity index (χ1n) is 3.89. The third kappa shape index (κ3) is 2.38. The second kappa shape index (κ2) is 3.97. The third-order valence-electron chi connectivity index (χ3n) is 1.79. The van der Waals surface area contributed by atoms with Gasteiger partial charge in [-0.25, -0.2) is 0 Å². The number of nitrogens with one attached hydrogen (secondary N) is 1. The van der Waals surface area contributed by atoms with Crippen LogP contribution in [0.2, 0.25) is 0 Å². The number of rotatable bonds is 1. The Balaban J connectivity index is 2.39. The van der Waals surface area contributed by atoms with Crippen molar-refractivity contribution in [2.75, 3.05) is 26.2 Å². The van der Waals surface area contributed by atoms with Gasteiger partial charge in [0.15, 0.2) is 0 Å². The van der Waals surface area contributed by atoms with E-state index in [0.29, 0.717) is 0 Å². The zero-order valence-electron chi connectivity index (χ0n) is 6.71. The Hall–Kier alpha value is -0.220. The van der Waals surface area contributed by atoms with Gasteiger partial charge in [0.1, 0.15) is 0 Å². The molecule has 1 rings (SSSR count). The van der Waals surface area contributed by atoms with Crippen molar-refractivity contribution in [1.82, 2.24) is 10.2 Å². The Morgan fingerprint density at radius 2 is 2.09 bits per heavy atom. The summed E-state index contributed by atoms with van der Waals surface area (Å²) in [6.07, 6.45) is 0. The van der Waals surface area contributed by atoms with Crippen molar-refractivity contribution >= 4 is 18.5 Å². The van der Waals surface area contributed by atoms with Crippen LogP contribution in [0.3, 0.4) is 0 Å². The maximum atomic E-state index is 11.3. The Labute approximate surface area is 72.5 Å². The fourth-order valence-corrected chi connectivity index (χ4v) is 1.31. The van der Waals surface area contributed by atoms with Crippen molar-refractivity contribution < 1.29 is 4.79 Å². The average molecular weight is 174 g/mol. The standard InChI is InChI=1S/C7H14N2OS/c1-6(11)7(10)9-4-2-8-3-5-9/h6,8,11H,2-5H2,1H3. The molecule has 1 N–H and O–H groups in total. The molecule has 3 nitrogen and oxygen atoms in total. The SMILES string of the molecule is CC(S)C(=O)N1CCNCC1. The van der Waals surface area contributed by atoms with E-state index in [9.17, 15) is 4.79 Å². The topological polar surface area (TPSA) is 32.3 Å². The zero-order chi connectivity index (χ0) is 8.27. The summed E-state index contributed by atoms with van der Waals surface area (Å²) in [6.45, 7) is 5.28. The molecule has 64 valence electrons. The number of hydrogen-bond acceptors (Lipinski definition) is 3. The van der Waals surface area contributed by atoms with E-state index >= 15 is 0 Å². The highest BCUT2D eigenvalue weighted by atomic mass is 32.1. The molecule has 0 saturated carbocycles. The second-order valence-corrected chi connectivity index (χ2v) is 3.53. The molecule has 1 heterocycles. The number of hydrogen-bond donors (Lipinski definition) is 2. The van der Waals surface area contributed by atoms with Crippen LogP contribution in [0.25, 0.3) is 0 Å². The fraction of sp³-hybridized carbons (Fsp3) is 0.857. The fourth-order valence-electron chi connectivity index (χ4n) is 1.15. The summed E-state index contributed by atoms with van der Waals surface area (Å²) >= 11 is 4.09. The first kappa shape index (κ1) is 8.87. The normalized spacial score (nSPS) is 21.5. The van der Waals surface area contributed by atoms with Gasteiger partial charge in [-0.2, -0.15) is 12.6 Å². The molecule has 1 fully saturated rings. The molecule has 0 aliphatic carbocycles. The Morgan fingerprint density at radius 3 is 2.55 bits per heavy atom.